The topological polar surface area (TPSA) is 113 Å². The Hall–Kier alpha value is -4.05. The monoisotopic (exact) mass is 431 g/mol. The smallest absolute Gasteiger partial charge is 0.269 e. The van der Waals surface area contributed by atoms with E-state index in [4.69, 9.17) is 4.98 Å². The lowest BCUT2D eigenvalue weighted by molar-refractivity contribution is -0.384. The molecule has 0 amide bonds. The van der Waals surface area contributed by atoms with Gasteiger partial charge in [0.1, 0.15) is 11.2 Å². The summed E-state index contributed by atoms with van der Waals surface area (Å²) >= 11 is 0. The number of anilines is 1. The van der Waals surface area contributed by atoms with Crippen LogP contribution in [0.3, 0.4) is 0 Å². The highest BCUT2D eigenvalue weighted by molar-refractivity contribution is 5.75. The fraction of sp³-hybridized carbons (Fsp3) is 0.227. The first kappa shape index (κ1) is 19.9. The predicted molar refractivity (Wildman–Crippen MR) is 120 cm³/mol. The van der Waals surface area contributed by atoms with Gasteiger partial charge in [-0.1, -0.05) is 18.2 Å². The van der Waals surface area contributed by atoms with Gasteiger partial charge in [-0.15, -0.1) is 0 Å². The maximum Gasteiger partial charge on any atom is 0.269 e. The van der Waals surface area contributed by atoms with Crippen LogP contribution >= 0.6 is 0 Å². The molecule has 0 spiro atoms. The number of piperazine rings is 1. The lowest BCUT2D eigenvalue weighted by Crippen LogP contribution is -2.46. The maximum absolute atomic E-state index is 12.6. The van der Waals surface area contributed by atoms with E-state index in [0.29, 0.717) is 23.4 Å². The second kappa shape index (κ2) is 8.23. The standard InChI is InChI=1S/C22H21N7O3/c30-22-19-14-23-28(17-4-2-1-3-5-17)21(19)24-20(25-22)15-26-10-12-27(13-11-26)16-6-8-18(9-7-16)29(31)32/h1-9,14H,10-13,15H2,(H,24,25,30). The Balaban J connectivity index is 1.30. The SMILES string of the molecule is O=c1[nH]c(CN2CCN(c3ccc([N+](=O)[O-])cc3)CC2)nc2c1cnn2-c1ccccc1. The van der Waals surface area contributed by atoms with Crippen molar-refractivity contribution in [3.8, 4) is 5.69 Å². The molecule has 0 unspecified atom stereocenters. The molecule has 1 aliphatic rings. The van der Waals surface area contributed by atoms with Crippen LogP contribution in [0.25, 0.3) is 16.7 Å². The molecule has 4 aromatic rings. The molecule has 1 N–H and O–H groups in total. The highest BCUT2D eigenvalue weighted by atomic mass is 16.6. The van der Waals surface area contributed by atoms with Crippen LogP contribution in [0.2, 0.25) is 0 Å². The third-order valence-electron chi connectivity index (χ3n) is 5.66. The number of hydrogen-bond acceptors (Lipinski definition) is 7. The molecule has 0 atom stereocenters. The van der Waals surface area contributed by atoms with Crippen molar-refractivity contribution >= 4 is 22.4 Å². The van der Waals surface area contributed by atoms with Crippen molar-refractivity contribution in [1.29, 1.82) is 0 Å². The second-order valence-electron chi connectivity index (χ2n) is 7.68. The van der Waals surface area contributed by atoms with Crippen molar-refractivity contribution in [2.24, 2.45) is 0 Å². The molecule has 2 aromatic carbocycles. The number of nitro groups is 1. The number of hydrogen-bond donors (Lipinski definition) is 1. The van der Waals surface area contributed by atoms with Gasteiger partial charge in [-0.3, -0.25) is 19.8 Å². The third-order valence-corrected chi connectivity index (χ3v) is 5.66. The van der Waals surface area contributed by atoms with Crippen LogP contribution in [-0.2, 0) is 6.54 Å². The molecule has 1 fully saturated rings. The zero-order chi connectivity index (χ0) is 22.1. The van der Waals surface area contributed by atoms with E-state index in [-0.39, 0.29) is 11.2 Å². The summed E-state index contributed by atoms with van der Waals surface area (Å²) in [5.41, 5.74) is 2.25. The Morgan fingerprint density at radius 2 is 1.69 bits per heavy atom. The van der Waals surface area contributed by atoms with Crippen LogP contribution in [0.4, 0.5) is 11.4 Å². The molecule has 10 nitrogen and oxygen atoms in total. The van der Waals surface area contributed by atoms with E-state index in [1.165, 1.54) is 12.1 Å². The third kappa shape index (κ3) is 3.83. The summed E-state index contributed by atoms with van der Waals surface area (Å²) in [5.74, 6) is 0.601. The molecular formula is C22H21N7O3. The van der Waals surface area contributed by atoms with Gasteiger partial charge in [-0.05, 0) is 24.3 Å². The summed E-state index contributed by atoms with van der Waals surface area (Å²) in [6.07, 6.45) is 1.54. The van der Waals surface area contributed by atoms with Crippen molar-refractivity contribution in [3.05, 3.63) is 87.1 Å². The number of nitrogens with zero attached hydrogens (tertiary/aromatic N) is 6. The minimum atomic E-state index is -0.393. The number of rotatable bonds is 5. The van der Waals surface area contributed by atoms with E-state index in [1.54, 1.807) is 23.0 Å². The molecule has 162 valence electrons. The number of fused-ring (bicyclic) bond motifs is 1. The van der Waals surface area contributed by atoms with Crippen LogP contribution in [0.1, 0.15) is 5.82 Å². The summed E-state index contributed by atoms with van der Waals surface area (Å²) in [7, 11) is 0. The van der Waals surface area contributed by atoms with Gasteiger partial charge in [-0.25, -0.2) is 9.67 Å². The van der Waals surface area contributed by atoms with Crippen molar-refractivity contribution in [2.75, 3.05) is 31.1 Å². The number of nitrogens with one attached hydrogen (secondary N) is 1. The number of non-ortho nitro benzene ring substituents is 1. The molecule has 0 aliphatic carbocycles. The van der Waals surface area contributed by atoms with Crippen molar-refractivity contribution in [1.82, 2.24) is 24.6 Å². The largest absolute Gasteiger partial charge is 0.369 e. The minimum Gasteiger partial charge on any atom is -0.369 e. The highest BCUT2D eigenvalue weighted by Gasteiger charge is 2.20. The van der Waals surface area contributed by atoms with E-state index >= 15 is 0 Å². The fourth-order valence-corrected chi connectivity index (χ4v) is 3.96. The van der Waals surface area contributed by atoms with Crippen molar-refractivity contribution < 1.29 is 4.92 Å². The van der Waals surface area contributed by atoms with Gasteiger partial charge in [0.05, 0.1) is 23.4 Å². The summed E-state index contributed by atoms with van der Waals surface area (Å²) in [5, 5.41) is 15.6. The quantitative estimate of drug-likeness (QED) is 0.381. The Bertz CT molecular complexity index is 1310. The Labute approximate surface area is 182 Å². The van der Waals surface area contributed by atoms with Crippen molar-refractivity contribution in [2.45, 2.75) is 6.54 Å². The molecule has 1 saturated heterocycles. The van der Waals surface area contributed by atoms with E-state index in [0.717, 1.165) is 37.6 Å². The number of aromatic amines is 1. The zero-order valence-electron chi connectivity index (χ0n) is 17.2. The molecule has 0 saturated carbocycles. The van der Waals surface area contributed by atoms with Gasteiger partial charge >= 0.3 is 0 Å². The van der Waals surface area contributed by atoms with E-state index in [1.807, 2.05) is 30.3 Å². The van der Waals surface area contributed by atoms with Crippen LogP contribution in [0.15, 0.2) is 65.6 Å². The van der Waals surface area contributed by atoms with E-state index < -0.39 is 4.92 Å². The molecule has 0 radical (unpaired) electrons. The Morgan fingerprint density at radius 3 is 2.38 bits per heavy atom. The number of para-hydroxylation sites is 1. The number of H-pyrrole nitrogens is 1. The van der Waals surface area contributed by atoms with Crippen molar-refractivity contribution in [3.63, 3.8) is 0 Å². The van der Waals surface area contributed by atoms with Gasteiger partial charge < -0.3 is 9.88 Å². The van der Waals surface area contributed by atoms with E-state index in [2.05, 4.69) is 19.9 Å². The maximum atomic E-state index is 12.6. The fourth-order valence-electron chi connectivity index (χ4n) is 3.96. The molecule has 32 heavy (non-hydrogen) atoms. The molecule has 1 aliphatic heterocycles. The first-order valence-corrected chi connectivity index (χ1v) is 10.3. The lowest BCUT2D eigenvalue weighted by Gasteiger charge is -2.35. The molecule has 5 rings (SSSR count). The first-order chi connectivity index (χ1) is 15.6. The van der Waals surface area contributed by atoms with Gasteiger partial charge in [0.15, 0.2) is 5.65 Å². The van der Waals surface area contributed by atoms with Crippen LogP contribution < -0.4 is 10.5 Å². The van der Waals surface area contributed by atoms with E-state index in [9.17, 15) is 14.9 Å². The molecule has 3 heterocycles. The van der Waals surface area contributed by atoms with Crippen LogP contribution in [0.5, 0.6) is 0 Å². The Kier molecular flexibility index (Phi) is 5.12. The molecule has 10 heteroatoms. The average molecular weight is 431 g/mol. The van der Waals surface area contributed by atoms with Gasteiger partial charge in [0.2, 0.25) is 0 Å². The molecule has 0 bridgehead atoms. The summed E-state index contributed by atoms with van der Waals surface area (Å²) < 4.78 is 1.68. The normalized spacial score (nSPS) is 14.7. The molecular weight excluding hydrogens is 410 g/mol. The summed E-state index contributed by atoms with van der Waals surface area (Å²) in [6, 6.07) is 16.2. The summed E-state index contributed by atoms with van der Waals surface area (Å²) in [4.78, 5) is 35.0. The van der Waals surface area contributed by atoms with Gasteiger partial charge in [-0.2, -0.15) is 5.10 Å². The highest BCUT2D eigenvalue weighted by Crippen LogP contribution is 2.21. The number of aromatic nitrogens is 4. The van der Waals surface area contributed by atoms with Gasteiger partial charge in [0.25, 0.3) is 11.2 Å². The second-order valence-corrected chi connectivity index (χ2v) is 7.68. The predicted octanol–water partition coefficient (Wildman–Crippen LogP) is 2.34. The van der Waals surface area contributed by atoms with Gasteiger partial charge in [0, 0.05) is 44.0 Å². The van der Waals surface area contributed by atoms with Crippen LogP contribution in [-0.4, -0.2) is 55.8 Å². The summed E-state index contributed by atoms with van der Waals surface area (Å²) in [6.45, 7) is 3.67. The number of nitro benzene ring substituents is 1. The minimum absolute atomic E-state index is 0.0903. The average Bonchev–Trinajstić information content (AvgIpc) is 3.25. The Morgan fingerprint density at radius 1 is 0.969 bits per heavy atom. The first-order valence-electron chi connectivity index (χ1n) is 10.3. The number of benzene rings is 2. The van der Waals surface area contributed by atoms with Crippen LogP contribution in [0, 0.1) is 10.1 Å². The zero-order valence-corrected chi connectivity index (χ0v) is 17.2. The molecule has 2 aromatic heterocycles. The lowest BCUT2D eigenvalue weighted by atomic mass is 10.2.